The van der Waals surface area contributed by atoms with E-state index in [4.69, 9.17) is 23.2 Å². The Bertz CT molecular complexity index is 1090. The summed E-state index contributed by atoms with van der Waals surface area (Å²) >= 11 is 12.3. The fraction of sp³-hybridized carbons (Fsp3) is 0.125. The standard InChI is InChI=1S/C16H6Cl2F6N2O2S/c17-5-4-8-12(10(18)11(5)28-16(23,24)14(21)22)29-15(25-8)26-13(27)9-6(19)2-1-3-7(9)20/h1-4,14H,(H,25,26,27). The van der Waals surface area contributed by atoms with Crippen LogP contribution in [-0.4, -0.2) is 23.4 Å². The van der Waals surface area contributed by atoms with Crippen LogP contribution in [-0.2, 0) is 0 Å². The normalized spacial score (nSPS) is 11.9. The minimum absolute atomic E-state index is 0.00187. The van der Waals surface area contributed by atoms with Crippen LogP contribution in [0.3, 0.4) is 0 Å². The summed E-state index contributed by atoms with van der Waals surface area (Å²) in [7, 11) is 0. The Kier molecular flexibility index (Phi) is 5.84. The molecule has 3 rings (SSSR count). The number of ether oxygens (including phenoxy) is 1. The number of carbonyl (C=O) groups excluding carboxylic acids is 1. The van der Waals surface area contributed by atoms with E-state index in [9.17, 15) is 31.1 Å². The van der Waals surface area contributed by atoms with E-state index in [1.165, 1.54) is 0 Å². The summed E-state index contributed by atoms with van der Waals surface area (Å²) in [5.41, 5.74) is -0.862. The zero-order chi connectivity index (χ0) is 21.5. The fourth-order valence-electron chi connectivity index (χ4n) is 2.18. The molecule has 29 heavy (non-hydrogen) atoms. The number of carbonyl (C=O) groups is 1. The summed E-state index contributed by atoms with van der Waals surface area (Å²) in [6.45, 7) is 0. The van der Waals surface area contributed by atoms with E-state index in [-0.39, 0.29) is 15.3 Å². The quantitative estimate of drug-likeness (QED) is 0.437. The van der Waals surface area contributed by atoms with Crippen LogP contribution in [0.25, 0.3) is 10.2 Å². The number of fused-ring (bicyclic) bond motifs is 1. The Labute approximate surface area is 172 Å². The van der Waals surface area contributed by atoms with E-state index in [1.54, 1.807) is 0 Å². The van der Waals surface area contributed by atoms with E-state index >= 15 is 0 Å². The van der Waals surface area contributed by atoms with Gasteiger partial charge in [-0.2, -0.15) is 17.6 Å². The third-order valence-corrected chi connectivity index (χ3v) is 5.19. The lowest BCUT2D eigenvalue weighted by Crippen LogP contribution is -2.33. The molecule has 0 bridgehead atoms. The minimum Gasteiger partial charge on any atom is -0.425 e. The number of alkyl halides is 4. The first-order chi connectivity index (χ1) is 13.5. The van der Waals surface area contributed by atoms with E-state index < -0.39 is 51.4 Å². The largest absolute Gasteiger partial charge is 0.461 e. The first kappa shape index (κ1) is 21.5. The Morgan fingerprint density at radius 1 is 1.21 bits per heavy atom. The molecule has 0 aliphatic rings. The van der Waals surface area contributed by atoms with Gasteiger partial charge in [0.25, 0.3) is 5.91 Å². The third kappa shape index (κ3) is 4.21. The number of rotatable bonds is 5. The van der Waals surface area contributed by atoms with Gasteiger partial charge in [0.1, 0.15) is 22.2 Å². The van der Waals surface area contributed by atoms with Crippen LogP contribution in [0.1, 0.15) is 10.4 Å². The van der Waals surface area contributed by atoms with Crippen molar-refractivity contribution < 1.29 is 35.9 Å². The van der Waals surface area contributed by atoms with E-state index in [0.29, 0.717) is 11.3 Å². The van der Waals surface area contributed by atoms with Crippen molar-refractivity contribution in [2.45, 2.75) is 12.5 Å². The van der Waals surface area contributed by atoms with Crippen molar-refractivity contribution in [3.8, 4) is 5.75 Å². The van der Waals surface area contributed by atoms with Crippen molar-refractivity contribution >= 4 is 55.8 Å². The van der Waals surface area contributed by atoms with Gasteiger partial charge in [0.05, 0.1) is 15.2 Å². The summed E-state index contributed by atoms with van der Waals surface area (Å²) in [6.07, 6.45) is -9.00. The van der Waals surface area contributed by atoms with Gasteiger partial charge in [-0.15, -0.1) is 0 Å². The number of aromatic nitrogens is 1. The molecule has 0 atom stereocenters. The number of amides is 1. The average molecular weight is 475 g/mol. The maximum absolute atomic E-state index is 13.7. The van der Waals surface area contributed by atoms with Crippen molar-refractivity contribution in [1.29, 1.82) is 0 Å². The molecule has 0 aliphatic carbocycles. The number of hydrogen-bond acceptors (Lipinski definition) is 4. The van der Waals surface area contributed by atoms with Gasteiger partial charge in [-0.3, -0.25) is 10.1 Å². The van der Waals surface area contributed by atoms with Gasteiger partial charge >= 0.3 is 12.5 Å². The molecule has 154 valence electrons. The van der Waals surface area contributed by atoms with Crippen molar-refractivity contribution in [3.63, 3.8) is 0 Å². The van der Waals surface area contributed by atoms with Crippen LogP contribution in [0, 0.1) is 11.6 Å². The summed E-state index contributed by atoms with van der Waals surface area (Å²) < 4.78 is 82.5. The molecule has 1 N–H and O–H groups in total. The molecule has 0 unspecified atom stereocenters. The lowest BCUT2D eigenvalue weighted by Gasteiger charge is -2.18. The molecule has 4 nitrogen and oxygen atoms in total. The lowest BCUT2D eigenvalue weighted by molar-refractivity contribution is -0.253. The monoisotopic (exact) mass is 474 g/mol. The highest BCUT2D eigenvalue weighted by Gasteiger charge is 2.45. The SMILES string of the molecule is O=C(Nc1nc2cc(Cl)c(OC(F)(F)C(F)F)c(Cl)c2s1)c1c(F)cccc1F. The van der Waals surface area contributed by atoms with Crippen LogP contribution in [0.15, 0.2) is 24.3 Å². The molecule has 1 amide bonds. The second-order valence-corrected chi connectivity index (χ2v) is 7.17. The van der Waals surface area contributed by atoms with Crippen molar-refractivity contribution in [1.82, 2.24) is 4.98 Å². The summed E-state index contributed by atoms with van der Waals surface area (Å²) in [5.74, 6) is -4.31. The van der Waals surface area contributed by atoms with E-state index in [2.05, 4.69) is 15.0 Å². The molecule has 0 radical (unpaired) electrons. The zero-order valence-electron chi connectivity index (χ0n) is 13.6. The molecular formula is C16H6Cl2F6N2O2S. The van der Waals surface area contributed by atoms with Gasteiger partial charge in [0, 0.05) is 0 Å². The topological polar surface area (TPSA) is 51.2 Å². The van der Waals surface area contributed by atoms with Gasteiger partial charge in [-0.1, -0.05) is 40.6 Å². The Hall–Kier alpha value is -2.24. The Morgan fingerprint density at radius 3 is 2.41 bits per heavy atom. The fourth-order valence-corrected chi connectivity index (χ4v) is 3.69. The van der Waals surface area contributed by atoms with E-state index in [1.807, 2.05) is 0 Å². The molecule has 2 aromatic carbocycles. The average Bonchev–Trinajstić information content (AvgIpc) is 3.00. The first-order valence-electron chi connectivity index (χ1n) is 7.40. The number of hydrogen-bond donors (Lipinski definition) is 1. The number of anilines is 1. The number of benzene rings is 2. The summed E-state index contributed by atoms with van der Waals surface area (Å²) in [5, 5.41) is 0.846. The summed E-state index contributed by atoms with van der Waals surface area (Å²) in [6, 6.07) is 3.81. The molecule has 13 heteroatoms. The number of nitrogens with zero attached hydrogens (tertiary/aromatic N) is 1. The molecule has 1 aromatic heterocycles. The molecule has 3 aromatic rings. The van der Waals surface area contributed by atoms with Gasteiger partial charge < -0.3 is 4.74 Å². The van der Waals surface area contributed by atoms with E-state index in [0.717, 1.165) is 24.3 Å². The highest BCUT2D eigenvalue weighted by atomic mass is 35.5. The second kappa shape index (κ2) is 7.88. The predicted octanol–water partition coefficient (Wildman–Crippen LogP) is 6.37. The molecule has 0 aliphatic heterocycles. The van der Waals surface area contributed by atoms with Gasteiger partial charge in [-0.25, -0.2) is 13.8 Å². The minimum atomic E-state index is -4.86. The third-order valence-electron chi connectivity index (χ3n) is 3.43. The molecule has 0 spiro atoms. The Balaban J connectivity index is 1.97. The molecule has 0 fully saturated rings. The van der Waals surface area contributed by atoms with Gasteiger partial charge in [-0.05, 0) is 18.2 Å². The number of thiazole rings is 1. The number of nitrogens with one attached hydrogen (secondary N) is 1. The molecule has 1 heterocycles. The van der Waals surface area contributed by atoms with Crippen molar-refractivity contribution in [2.75, 3.05) is 5.32 Å². The maximum atomic E-state index is 13.7. The highest BCUT2D eigenvalue weighted by molar-refractivity contribution is 7.23. The van der Waals surface area contributed by atoms with Crippen LogP contribution in [0.4, 0.5) is 31.5 Å². The van der Waals surface area contributed by atoms with Crippen molar-refractivity contribution in [3.05, 3.63) is 51.5 Å². The molecule has 0 saturated heterocycles. The van der Waals surface area contributed by atoms with Crippen LogP contribution < -0.4 is 10.1 Å². The second-order valence-electron chi connectivity index (χ2n) is 5.38. The lowest BCUT2D eigenvalue weighted by atomic mass is 10.2. The van der Waals surface area contributed by atoms with Crippen LogP contribution in [0.5, 0.6) is 5.75 Å². The van der Waals surface area contributed by atoms with Crippen LogP contribution in [0.2, 0.25) is 10.0 Å². The first-order valence-corrected chi connectivity index (χ1v) is 8.97. The van der Waals surface area contributed by atoms with Gasteiger partial charge in [0.2, 0.25) is 0 Å². The number of halogens is 8. The zero-order valence-corrected chi connectivity index (χ0v) is 15.9. The van der Waals surface area contributed by atoms with Gasteiger partial charge in [0.15, 0.2) is 10.9 Å². The predicted molar refractivity (Wildman–Crippen MR) is 95.5 cm³/mol. The summed E-state index contributed by atoms with van der Waals surface area (Å²) in [4.78, 5) is 16.0. The van der Waals surface area contributed by atoms with Crippen molar-refractivity contribution in [2.24, 2.45) is 0 Å². The molecular weight excluding hydrogens is 469 g/mol. The highest BCUT2D eigenvalue weighted by Crippen LogP contribution is 2.45. The van der Waals surface area contributed by atoms with Crippen LogP contribution >= 0.6 is 34.5 Å². The Morgan fingerprint density at radius 2 is 1.83 bits per heavy atom. The smallest absolute Gasteiger partial charge is 0.425 e. The molecule has 0 saturated carbocycles. The maximum Gasteiger partial charge on any atom is 0.461 e.